The highest BCUT2D eigenvalue weighted by Gasteiger charge is 2.50. The fourth-order valence-corrected chi connectivity index (χ4v) is 4.71. The molecule has 0 radical (unpaired) electrons. The van der Waals surface area contributed by atoms with E-state index in [1.807, 2.05) is 6.92 Å². The fraction of sp³-hybridized carbons (Fsp3) is 0.783. The second kappa shape index (κ2) is 10.9. The zero-order valence-corrected chi connectivity index (χ0v) is 19.4. The van der Waals surface area contributed by atoms with Crippen molar-refractivity contribution < 1.29 is 59.1 Å². The number of hydrogen-bond acceptors (Lipinski definition) is 12. The van der Waals surface area contributed by atoms with Gasteiger partial charge in [-0.25, -0.2) is 4.79 Å². The first-order valence-corrected chi connectivity index (χ1v) is 11.9. The van der Waals surface area contributed by atoms with Gasteiger partial charge in [0.25, 0.3) is 0 Å². The van der Waals surface area contributed by atoms with Gasteiger partial charge in [-0.15, -0.1) is 0 Å². The molecule has 0 aromatic heterocycles. The molecule has 12 nitrogen and oxygen atoms in total. The predicted molar refractivity (Wildman–Crippen MR) is 115 cm³/mol. The van der Waals surface area contributed by atoms with Crippen LogP contribution in [0.5, 0.6) is 0 Å². The lowest BCUT2D eigenvalue weighted by atomic mass is 9.90. The minimum absolute atomic E-state index is 0.358. The third kappa shape index (κ3) is 5.18. The monoisotopic (exact) mass is 502 g/mol. The first kappa shape index (κ1) is 26.6. The van der Waals surface area contributed by atoms with Gasteiger partial charge in [-0.1, -0.05) is 25.5 Å². The third-order valence-electron chi connectivity index (χ3n) is 6.90. The number of aliphatic hydroxyl groups excluding tert-OH is 5. The topological polar surface area (TPSA) is 185 Å². The Kier molecular flexibility index (Phi) is 8.28. The van der Waals surface area contributed by atoms with Gasteiger partial charge in [-0.2, -0.15) is 0 Å². The maximum atomic E-state index is 12.3. The minimum Gasteiger partial charge on any atom is -0.454 e. The van der Waals surface area contributed by atoms with Crippen LogP contribution in [-0.2, 0) is 28.5 Å². The normalized spacial score (nSPS) is 43.5. The van der Waals surface area contributed by atoms with Crippen LogP contribution in [0.2, 0.25) is 0 Å². The van der Waals surface area contributed by atoms with Crippen LogP contribution >= 0.6 is 0 Å². The summed E-state index contributed by atoms with van der Waals surface area (Å²) in [6, 6.07) is 0. The number of cyclic esters (lactones) is 1. The second-order valence-electron chi connectivity index (χ2n) is 9.40. The number of carbonyl (C=O) groups is 1. The van der Waals surface area contributed by atoms with Crippen molar-refractivity contribution in [1.29, 1.82) is 0 Å². The number of hydrogen-bond donors (Lipinski definition) is 6. The van der Waals surface area contributed by atoms with Crippen molar-refractivity contribution >= 4 is 5.97 Å². The van der Waals surface area contributed by atoms with E-state index in [1.54, 1.807) is 12.2 Å². The summed E-state index contributed by atoms with van der Waals surface area (Å²) in [6.07, 6.45) is -5.01. The predicted octanol–water partition coefficient (Wildman–Crippen LogP) is -1.99. The molecule has 1 aliphatic carbocycles. The van der Waals surface area contributed by atoms with Crippen LogP contribution in [-0.4, -0.2) is 117 Å². The Morgan fingerprint density at radius 3 is 2.60 bits per heavy atom. The average Bonchev–Trinajstić information content (AvgIpc) is 3.34. The van der Waals surface area contributed by atoms with Crippen molar-refractivity contribution in [2.24, 2.45) is 0 Å². The Morgan fingerprint density at radius 2 is 1.91 bits per heavy atom. The van der Waals surface area contributed by atoms with Gasteiger partial charge in [0.2, 0.25) is 0 Å². The second-order valence-corrected chi connectivity index (χ2v) is 9.40. The molecule has 0 aromatic rings. The highest BCUT2D eigenvalue weighted by molar-refractivity contribution is 5.96. The summed E-state index contributed by atoms with van der Waals surface area (Å²) in [4.78, 5) is 12.3. The van der Waals surface area contributed by atoms with E-state index in [2.05, 4.69) is 0 Å². The van der Waals surface area contributed by atoms with Crippen molar-refractivity contribution in [2.75, 3.05) is 19.8 Å². The molecule has 0 unspecified atom stereocenters. The maximum absolute atomic E-state index is 12.3. The van der Waals surface area contributed by atoms with Crippen molar-refractivity contribution in [3.05, 3.63) is 23.3 Å². The zero-order valence-electron chi connectivity index (χ0n) is 19.4. The van der Waals surface area contributed by atoms with E-state index >= 15 is 0 Å². The van der Waals surface area contributed by atoms with Crippen LogP contribution in [0.15, 0.2) is 23.3 Å². The van der Waals surface area contributed by atoms with E-state index < -0.39 is 73.5 Å². The van der Waals surface area contributed by atoms with Crippen LogP contribution in [0.3, 0.4) is 0 Å². The zero-order chi connectivity index (χ0) is 25.3. The van der Waals surface area contributed by atoms with Crippen molar-refractivity contribution in [3.8, 4) is 0 Å². The van der Waals surface area contributed by atoms with E-state index in [1.165, 1.54) is 0 Å². The number of rotatable bonds is 9. The van der Waals surface area contributed by atoms with Crippen LogP contribution in [0.4, 0.5) is 0 Å². The molecular formula is C23H34O12. The third-order valence-corrected chi connectivity index (χ3v) is 6.90. The van der Waals surface area contributed by atoms with Gasteiger partial charge < -0.3 is 54.3 Å². The summed E-state index contributed by atoms with van der Waals surface area (Å²) in [5.41, 5.74) is -0.801. The average molecular weight is 503 g/mol. The summed E-state index contributed by atoms with van der Waals surface area (Å²) < 4.78 is 27.9. The highest BCUT2D eigenvalue weighted by Crippen LogP contribution is 2.37. The Balaban J connectivity index is 1.42. The molecule has 198 valence electrons. The lowest BCUT2D eigenvalue weighted by Gasteiger charge is -2.42. The van der Waals surface area contributed by atoms with E-state index in [-0.39, 0.29) is 13.2 Å². The van der Waals surface area contributed by atoms with Crippen molar-refractivity contribution in [2.45, 2.75) is 93.5 Å². The number of ether oxygens (including phenoxy) is 5. The van der Waals surface area contributed by atoms with Gasteiger partial charge in [-0.3, -0.25) is 0 Å². The smallest absolute Gasteiger partial charge is 0.338 e. The summed E-state index contributed by atoms with van der Waals surface area (Å²) in [5, 5.41) is 60.8. The quantitative estimate of drug-likeness (QED) is 0.191. The first-order chi connectivity index (χ1) is 16.7. The lowest BCUT2D eigenvalue weighted by molar-refractivity contribution is -0.316. The first-order valence-electron chi connectivity index (χ1n) is 11.9. The van der Waals surface area contributed by atoms with E-state index in [0.717, 1.165) is 12.8 Å². The van der Waals surface area contributed by atoms with Crippen molar-refractivity contribution in [1.82, 2.24) is 0 Å². The van der Waals surface area contributed by atoms with Gasteiger partial charge in [0.05, 0.1) is 31.5 Å². The molecule has 0 spiro atoms. The maximum Gasteiger partial charge on any atom is 0.338 e. The van der Waals surface area contributed by atoms with Gasteiger partial charge in [0.1, 0.15) is 42.2 Å². The minimum atomic E-state index is -1.88. The summed E-state index contributed by atoms with van der Waals surface area (Å²) in [6.45, 7) is 0.550. The molecule has 35 heavy (non-hydrogen) atoms. The molecule has 12 heteroatoms. The summed E-state index contributed by atoms with van der Waals surface area (Å²) in [5.74, 6) is -0.435. The van der Waals surface area contributed by atoms with E-state index in [4.69, 9.17) is 23.7 Å². The molecular weight excluding hydrogens is 468 g/mol. The lowest BCUT2D eigenvalue weighted by Crippen LogP contribution is -2.60. The van der Waals surface area contributed by atoms with Gasteiger partial charge in [-0.05, 0) is 19.3 Å². The fourth-order valence-electron chi connectivity index (χ4n) is 4.71. The van der Waals surface area contributed by atoms with Crippen molar-refractivity contribution in [3.63, 3.8) is 0 Å². The number of aliphatic hydroxyl groups is 6. The Bertz CT molecular complexity index is 829. The molecule has 6 N–H and O–H groups in total. The van der Waals surface area contributed by atoms with E-state index in [0.29, 0.717) is 24.0 Å². The molecule has 3 heterocycles. The van der Waals surface area contributed by atoms with Gasteiger partial charge >= 0.3 is 5.97 Å². The molecule has 0 bridgehead atoms. The number of unbranched alkanes of at least 4 members (excludes halogenated alkanes) is 1. The molecule has 10 atom stereocenters. The molecule has 3 aliphatic heterocycles. The Hall–Kier alpha value is -1.45. The summed E-state index contributed by atoms with van der Waals surface area (Å²) in [7, 11) is 0. The largest absolute Gasteiger partial charge is 0.454 e. The molecule has 0 saturated carbocycles. The molecule has 4 rings (SSSR count). The van der Waals surface area contributed by atoms with E-state index in [9.17, 15) is 35.4 Å². The molecule has 2 fully saturated rings. The molecule has 4 aliphatic rings. The van der Waals surface area contributed by atoms with Crippen LogP contribution in [0, 0.1) is 0 Å². The molecule has 2 saturated heterocycles. The van der Waals surface area contributed by atoms with Gasteiger partial charge in [0.15, 0.2) is 12.6 Å². The molecule has 0 aromatic carbocycles. The Morgan fingerprint density at radius 1 is 1.14 bits per heavy atom. The number of carbonyl (C=O) groups excluding carboxylic acids is 1. The summed E-state index contributed by atoms with van der Waals surface area (Å²) >= 11 is 0. The van der Waals surface area contributed by atoms with Crippen LogP contribution in [0.25, 0.3) is 0 Å². The standard InChI is InChI=1S/C23H34O12/c1-2-3-6-12-15-11(20(29)33-12)5-4-7-13(15)34-21-18(27)17(26)16(25)14(35-21)8-31-22-19(28)23(30,9-24)10-32-22/h4-5,12-14,16-19,21-22,24-28,30H,2-3,6-10H2,1H3/t12-,13+,14+,16+,17-,18+,19-,21+,22+,23+/m0/s1. The Labute approximate surface area is 202 Å². The molecule has 0 amide bonds. The van der Waals surface area contributed by atoms with Crippen LogP contribution in [0.1, 0.15) is 32.6 Å². The highest BCUT2D eigenvalue weighted by atomic mass is 16.7. The van der Waals surface area contributed by atoms with Crippen LogP contribution < -0.4 is 0 Å². The number of esters is 1. The van der Waals surface area contributed by atoms with Gasteiger partial charge in [0, 0.05) is 5.57 Å². The SMILES string of the molecule is CCCC[C@@H]1OC(=O)C2=C1[C@H](O[C@@H]1O[C@H](CO[C@@H]3OC[C@](O)(CO)[C@H]3O)[C@@H](O)[C@H](O)[C@H]1O)CC=C2.